The Balaban J connectivity index is 1.25. The van der Waals surface area contributed by atoms with E-state index in [2.05, 4.69) is 5.32 Å². The van der Waals surface area contributed by atoms with Gasteiger partial charge in [-0.1, -0.05) is 12.1 Å². The molecule has 2 amide bonds. The number of furan rings is 1. The van der Waals surface area contributed by atoms with Gasteiger partial charge >= 0.3 is 0 Å². The molecule has 1 aliphatic carbocycles. The van der Waals surface area contributed by atoms with Crippen LogP contribution in [-0.2, 0) is 16.1 Å². The summed E-state index contributed by atoms with van der Waals surface area (Å²) >= 11 is 0. The first-order chi connectivity index (χ1) is 13.1. The molecule has 1 N–H and O–H groups in total. The van der Waals surface area contributed by atoms with E-state index in [1.807, 2.05) is 11.0 Å². The van der Waals surface area contributed by atoms with Crippen LogP contribution in [-0.4, -0.2) is 42.9 Å². The average Bonchev–Trinajstić information content (AvgIpc) is 3.33. The molecular weight excluding hydrogens is 349 g/mol. The SMILES string of the molecule is O=C(NCc1ccco1)C1CC1C(=O)N1CCN(c2ccccc2F)CC1. The van der Waals surface area contributed by atoms with E-state index in [4.69, 9.17) is 4.42 Å². The summed E-state index contributed by atoms with van der Waals surface area (Å²) in [6.07, 6.45) is 2.16. The number of nitrogens with one attached hydrogen (secondary N) is 1. The number of carbonyl (C=O) groups excluding carboxylic acids is 2. The second-order valence-electron chi connectivity index (χ2n) is 7.01. The Bertz CT molecular complexity index is 816. The highest BCUT2D eigenvalue weighted by atomic mass is 19.1. The van der Waals surface area contributed by atoms with Crippen molar-refractivity contribution < 1.29 is 18.4 Å². The van der Waals surface area contributed by atoms with E-state index in [-0.39, 0.29) is 29.5 Å². The number of anilines is 1. The molecule has 0 radical (unpaired) electrons. The number of halogens is 1. The van der Waals surface area contributed by atoms with Gasteiger partial charge in [0.25, 0.3) is 0 Å². The van der Waals surface area contributed by atoms with Gasteiger partial charge in [-0.3, -0.25) is 9.59 Å². The van der Waals surface area contributed by atoms with Gasteiger partial charge < -0.3 is 19.5 Å². The van der Waals surface area contributed by atoms with Gasteiger partial charge in [0.05, 0.1) is 30.3 Å². The Morgan fingerprint density at radius 2 is 1.85 bits per heavy atom. The van der Waals surface area contributed by atoms with Crippen molar-refractivity contribution in [3.05, 3.63) is 54.2 Å². The highest BCUT2D eigenvalue weighted by Gasteiger charge is 2.49. The van der Waals surface area contributed by atoms with Crippen molar-refractivity contribution in [3.8, 4) is 0 Å². The molecule has 2 aromatic rings. The number of nitrogens with zero attached hydrogens (tertiary/aromatic N) is 2. The Labute approximate surface area is 156 Å². The van der Waals surface area contributed by atoms with Crippen LogP contribution >= 0.6 is 0 Å². The molecule has 0 bridgehead atoms. The summed E-state index contributed by atoms with van der Waals surface area (Å²) in [6.45, 7) is 2.61. The lowest BCUT2D eigenvalue weighted by Gasteiger charge is -2.36. The Hall–Kier alpha value is -2.83. The second-order valence-corrected chi connectivity index (χ2v) is 7.01. The molecule has 27 heavy (non-hydrogen) atoms. The molecule has 2 unspecified atom stereocenters. The monoisotopic (exact) mass is 371 g/mol. The summed E-state index contributed by atoms with van der Waals surface area (Å²) < 4.78 is 19.1. The zero-order valence-electron chi connectivity index (χ0n) is 14.9. The smallest absolute Gasteiger partial charge is 0.226 e. The standard InChI is InChI=1S/C20H22FN3O3/c21-17-5-1-2-6-18(17)23-7-9-24(10-8-23)20(26)16-12-15(16)19(25)22-13-14-4-3-11-27-14/h1-6,11,15-16H,7-10,12-13H2,(H,22,25). The molecule has 2 heterocycles. The van der Waals surface area contributed by atoms with Crippen LogP contribution in [0, 0.1) is 17.7 Å². The number of hydrogen-bond acceptors (Lipinski definition) is 4. The van der Waals surface area contributed by atoms with Gasteiger partial charge in [-0.25, -0.2) is 4.39 Å². The van der Waals surface area contributed by atoms with Crippen molar-refractivity contribution >= 4 is 17.5 Å². The lowest BCUT2D eigenvalue weighted by Crippen LogP contribution is -2.49. The van der Waals surface area contributed by atoms with Crippen LogP contribution in [0.15, 0.2) is 47.1 Å². The number of carbonyl (C=O) groups is 2. The van der Waals surface area contributed by atoms with Crippen LogP contribution in [0.2, 0.25) is 0 Å². The fraction of sp³-hybridized carbons (Fsp3) is 0.400. The summed E-state index contributed by atoms with van der Waals surface area (Å²) in [5.74, 6) is -0.112. The third-order valence-electron chi connectivity index (χ3n) is 5.25. The average molecular weight is 371 g/mol. The lowest BCUT2D eigenvalue weighted by molar-refractivity contribution is -0.135. The normalized spacial score (nSPS) is 21.8. The van der Waals surface area contributed by atoms with Crippen molar-refractivity contribution in [2.75, 3.05) is 31.1 Å². The Morgan fingerprint density at radius 1 is 1.07 bits per heavy atom. The number of rotatable bonds is 5. The predicted octanol–water partition coefficient (Wildman–Crippen LogP) is 2.02. The summed E-state index contributed by atoms with van der Waals surface area (Å²) in [5.41, 5.74) is 0.575. The number of piperazine rings is 1. The Morgan fingerprint density at radius 3 is 2.56 bits per heavy atom. The van der Waals surface area contributed by atoms with E-state index in [1.165, 1.54) is 6.07 Å². The Kier molecular flexibility index (Phi) is 4.83. The van der Waals surface area contributed by atoms with E-state index < -0.39 is 0 Å². The maximum absolute atomic E-state index is 13.9. The van der Waals surface area contributed by atoms with E-state index >= 15 is 0 Å². The molecule has 1 saturated carbocycles. The van der Waals surface area contributed by atoms with Gasteiger partial charge in [-0.15, -0.1) is 0 Å². The van der Waals surface area contributed by atoms with Gasteiger partial charge in [0, 0.05) is 26.2 Å². The quantitative estimate of drug-likeness (QED) is 0.873. The molecule has 1 aromatic heterocycles. The summed E-state index contributed by atoms with van der Waals surface area (Å²) in [4.78, 5) is 28.6. The van der Waals surface area contributed by atoms with Crippen molar-refractivity contribution in [1.29, 1.82) is 0 Å². The van der Waals surface area contributed by atoms with Crippen molar-refractivity contribution in [2.45, 2.75) is 13.0 Å². The number of amides is 2. The van der Waals surface area contributed by atoms with Crippen LogP contribution in [0.25, 0.3) is 0 Å². The van der Waals surface area contributed by atoms with Crippen LogP contribution in [0.5, 0.6) is 0 Å². The summed E-state index contributed by atoms with van der Waals surface area (Å²) in [5, 5.41) is 2.82. The fourth-order valence-corrected chi connectivity index (χ4v) is 3.59. The summed E-state index contributed by atoms with van der Waals surface area (Å²) in [7, 11) is 0. The maximum Gasteiger partial charge on any atom is 0.226 e. The minimum absolute atomic E-state index is 0.0290. The van der Waals surface area contributed by atoms with Gasteiger partial charge in [0.1, 0.15) is 11.6 Å². The van der Waals surface area contributed by atoms with Gasteiger partial charge in [-0.05, 0) is 30.7 Å². The minimum atomic E-state index is -0.253. The first kappa shape index (κ1) is 17.6. The summed E-state index contributed by atoms with van der Waals surface area (Å²) in [6, 6.07) is 10.3. The molecule has 2 atom stereocenters. The molecule has 0 spiro atoms. The number of hydrogen-bond donors (Lipinski definition) is 1. The topological polar surface area (TPSA) is 65.8 Å². The zero-order chi connectivity index (χ0) is 18.8. The molecule has 1 saturated heterocycles. The first-order valence-electron chi connectivity index (χ1n) is 9.22. The van der Waals surface area contributed by atoms with Crippen molar-refractivity contribution in [2.24, 2.45) is 11.8 Å². The van der Waals surface area contributed by atoms with Crippen LogP contribution < -0.4 is 10.2 Å². The van der Waals surface area contributed by atoms with E-state index in [0.717, 1.165) is 0 Å². The van der Waals surface area contributed by atoms with E-state index in [0.29, 0.717) is 50.6 Å². The van der Waals surface area contributed by atoms with Crippen LogP contribution in [0.4, 0.5) is 10.1 Å². The molecule has 1 aromatic carbocycles. The molecule has 2 aliphatic rings. The van der Waals surface area contributed by atoms with E-state index in [9.17, 15) is 14.0 Å². The molecule has 4 rings (SSSR count). The predicted molar refractivity (Wildman–Crippen MR) is 97.3 cm³/mol. The third kappa shape index (κ3) is 3.82. The number of benzene rings is 1. The van der Waals surface area contributed by atoms with Crippen LogP contribution in [0.3, 0.4) is 0 Å². The molecule has 7 heteroatoms. The largest absolute Gasteiger partial charge is 0.467 e. The highest BCUT2D eigenvalue weighted by molar-refractivity contribution is 5.92. The van der Waals surface area contributed by atoms with Crippen molar-refractivity contribution in [1.82, 2.24) is 10.2 Å². The highest BCUT2D eigenvalue weighted by Crippen LogP contribution is 2.40. The van der Waals surface area contributed by atoms with Gasteiger partial charge in [0.2, 0.25) is 11.8 Å². The molecule has 6 nitrogen and oxygen atoms in total. The lowest BCUT2D eigenvalue weighted by atomic mass is 10.2. The molecule has 2 fully saturated rings. The fourth-order valence-electron chi connectivity index (χ4n) is 3.59. The molecular formula is C20H22FN3O3. The third-order valence-corrected chi connectivity index (χ3v) is 5.25. The maximum atomic E-state index is 13.9. The first-order valence-corrected chi connectivity index (χ1v) is 9.22. The van der Waals surface area contributed by atoms with Gasteiger partial charge in [-0.2, -0.15) is 0 Å². The molecule has 1 aliphatic heterocycles. The van der Waals surface area contributed by atoms with Crippen molar-refractivity contribution in [3.63, 3.8) is 0 Å². The van der Waals surface area contributed by atoms with Gasteiger partial charge in [0.15, 0.2) is 0 Å². The second kappa shape index (κ2) is 7.42. The molecule has 142 valence electrons. The number of para-hydroxylation sites is 1. The van der Waals surface area contributed by atoms with E-state index in [1.54, 1.807) is 35.4 Å². The minimum Gasteiger partial charge on any atom is -0.467 e. The zero-order valence-corrected chi connectivity index (χ0v) is 14.9. The van der Waals surface area contributed by atoms with Crippen LogP contribution in [0.1, 0.15) is 12.2 Å².